The Morgan fingerprint density at radius 2 is 2.00 bits per heavy atom. The second kappa shape index (κ2) is 6.50. The number of carbonyl (C=O) groups is 3. The smallest absolute Gasteiger partial charge is 0.342 e. The molecule has 0 aliphatic carbocycles. The van der Waals surface area contributed by atoms with Crippen LogP contribution in [0.4, 0.5) is 0 Å². The molecule has 0 spiro atoms. The maximum absolute atomic E-state index is 11.5. The van der Waals surface area contributed by atoms with Crippen molar-refractivity contribution in [1.82, 2.24) is 0 Å². The second-order valence-corrected chi connectivity index (χ2v) is 3.30. The number of hydrogen-bond donors (Lipinski definition) is 1. The predicted octanol–water partition coefficient (Wildman–Crippen LogP) is 0.557. The SMILES string of the molecule is COC(=O)/C=C/c1oc(CO)c(C(=O)OC)c1C=O. The fourth-order valence-electron chi connectivity index (χ4n) is 1.40. The first kappa shape index (κ1) is 14.7. The molecule has 0 aromatic carbocycles. The van der Waals surface area contributed by atoms with Gasteiger partial charge in [0.05, 0.1) is 19.8 Å². The molecule has 0 bridgehead atoms. The average molecular weight is 268 g/mol. The zero-order valence-electron chi connectivity index (χ0n) is 10.3. The summed E-state index contributed by atoms with van der Waals surface area (Å²) in [5, 5.41) is 9.09. The topological polar surface area (TPSA) is 103 Å². The lowest BCUT2D eigenvalue weighted by Crippen LogP contribution is -2.06. The maximum atomic E-state index is 11.5. The minimum absolute atomic E-state index is 0.0372. The third-order valence-electron chi connectivity index (χ3n) is 2.27. The molecule has 0 atom stereocenters. The number of furan rings is 1. The zero-order chi connectivity index (χ0) is 14.4. The lowest BCUT2D eigenvalue weighted by atomic mass is 10.1. The molecule has 1 aromatic heterocycles. The van der Waals surface area contributed by atoms with Crippen molar-refractivity contribution in [1.29, 1.82) is 0 Å². The molecule has 0 saturated carbocycles. The summed E-state index contributed by atoms with van der Waals surface area (Å²) in [7, 11) is 2.32. The van der Waals surface area contributed by atoms with Gasteiger partial charge < -0.3 is 19.0 Å². The molecule has 0 saturated heterocycles. The van der Waals surface area contributed by atoms with E-state index in [2.05, 4.69) is 9.47 Å². The largest absolute Gasteiger partial charge is 0.466 e. The Kier molecular flexibility index (Phi) is 5.01. The van der Waals surface area contributed by atoms with Crippen LogP contribution in [0.3, 0.4) is 0 Å². The summed E-state index contributed by atoms with van der Waals surface area (Å²) in [6, 6.07) is 0. The van der Waals surface area contributed by atoms with E-state index < -0.39 is 18.5 Å². The number of carbonyl (C=O) groups excluding carboxylic acids is 3. The average Bonchev–Trinajstić information content (AvgIpc) is 2.81. The Bertz CT molecular complexity index is 524. The van der Waals surface area contributed by atoms with Crippen molar-refractivity contribution in [2.24, 2.45) is 0 Å². The molecule has 1 heterocycles. The van der Waals surface area contributed by atoms with Crippen LogP contribution >= 0.6 is 0 Å². The lowest BCUT2D eigenvalue weighted by molar-refractivity contribution is -0.134. The van der Waals surface area contributed by atoms with Crippen LogP contribution in [0.15, 0.2) is 10.5 Å². The molecule has 1 rings (SSSR count). The van der Waals surface area contributed by atoms with E-state index in [0.717, 1.165) is 13.2 Å². The van der Waals surface area contributed by atoms with E-state index >= 15 is 0 Å². The number of methoxy groups -OCH3 is 2. The third-order valence-corrected chi connectivity index (χ3v) is 2.27. The summed E-state index contributed by atoms with van der Waals surface area (Å²) in [5.74, 6) is -1.62. The Labute approximate surface area is 108 Å². The van der Waals surface area contributed by atoms with Gasteiger partial charge in [0, 0.05) is 6.08 Å². The molecule has 0 radical (unpaired) electrons. The summed E-state index contributed by atoms with van der Waals surface area (Å²) in [6.07, 6.45) is 2.57. The molecule has 102 valence electrons. The standard InChI is InChI=1S/C12H12O7/c1-17-10(15)4-3-8-7(5-13)11(12(16)18-2)9(6-14)19-8/h3-5,14H,6H2,1-2H3/b4-3+. The van der Waals surface area contributed by atoms with E-state index in [9.17, 15) is 14.4 Å². The van der Waals surface area contributed by atoms with Crippen LogP contribution < -0.4 is 0 Å². The number of aldehydes is 1. The van der Waals surface area contributed by atoms with Crippen LogP contribution in [0.1, 0.15) is 32.2 Å². The van der Waals surface area contributed by atoms with Crippen LogP contribution in [-0.4, -0.2) is 37.6 Å². The molecule has 19 heavy (non-hydrogen) atoms. The van der Waals surface area contributed by atoms with E-state index in [1.165, 1.54) is 13.2 Å². The molecule has 0 fully saturated rings. The highest BCUT2D eigenvalue weighted by molar-refractivity contribution is 6.01. The molecule has 0 aliphatic heterocycles. The van der Waals surface area contributed by atoms with Gasteiger partial charge in [-0.2, -0.15) is 0 Å². The van der Waals surface area contributed by atoms with Crippen molar-refractivity contribution in [2.45, 2.75) is 6.61 Å². The Balaban J connectivity index is 3.30. The highest BCUT2D eigenvalue weighted by Crippen LogP contribution is 2.23. The first-order valence-corrected chi connectivity index (χ1v) is 5.15. The summed E-state index contributed by atoms with van der Waals surface area (Å²) in [5.41, 5.74) is -0.263. The Hall–Kier alpha value is -2.41. The highest BCUT2D eigenvalue weighted by Gasteiger charge is 2.24. The van der Waals surface area contributed by atoms with Gasteiger partial charge >= 0.3 is 11.9 Å². The van der Waals surface area contributed by atoms with E-state index in [4.69, 9.17) is 9.52 Å². The first-order valence-electron chi connectivity index (χ1n) is 5.15. The van der Waals surface area contributed by atoms with Crippen molar-refractivity contribution in [3.8, 4) is 0 Å². The number of esters is 2. The Morgan fingerprint density at radius 1 is 1.32 bits per heavy atom. The first-order chi connectivity index (χ1) is 9.08. The summed E-state index contributed by atoms with van der Waals surface area (Å²) >= 11 is 0. The van der Waals surface area contributed by atoms with Gasteiger partial charge in [-0.3, -0.25) is 4.79 Å². The Morgan fingerprint density at radius 3 is 2.47 bits per heavy atom. The van der Waals surface area contributed by atoms with Crippen LogP contribution in [0.25, 0.3) is 6.08 Å². The van der Waals surface area contributed by atoms with Gasteiger partial charge in [0.2, 0.25) is 0 Å². The van der Waals surface area contributed by atoms with Gasteiger partial charge in [0.1, 0.15) is 23.7 Å². The minimum atomic E-state index is -0.812. The number of hydrogen-bond acceptors (Lipinski definition) is 7. The number of aliphatic hydroxyl groups excluding tert-OH is 1. The molecule has 7 heteroatoms. The molecule has 0 amide bonds. The van der Waals surface area contributed by atoms with Crippen molar-refractivity contribution < 1.29 is 33.4 Å². The monoisotopic (exact) mass is 268 g/mol. The highest BCUT2D eigenvalue weighted by atomic mass is 16.5. The zero-order valence-corrected chi connectivity index (χ0v) is 10.3. The van der Waals surface area contributed by atoms with Crippen molar-refractivity contribution in [3.05, 3.63) is 28.7 Å². The van der Waals surface area contributed by atoms with Gasteiger partial charge in [-0.25, -0.2) is 9.59 Å². The summed E-state index contributed by atoms with van der Waals surface area (Å²) < 4.78 is 14.0. The fourth-order valence-corrected chi connectivity index (χ4v) is 1.40. The summed E-state index contributed by atoms with van der Waals surface area (Å²) in [6.45, 7) is -0.586. The van der Waals surface area contributed by atoms with Crippen molar-refractivity contribution in [2.75, 3.05) is 14.2 Å². The fraction of sp³-hybridized carbons (Fsp3) is 0.250. The molecule has 7 nitrogen and oxygen atoms in total. The molecule has 1 aromatic rings. The number of ether oxygens (including phenoxy) is 2. The predicted molar refractivity (Wildman–Crippen MR) is 62.4 cm³/mol. The molecule has 0 aliphatic rings. The van der Waals surface area contributed by atoms with Crippen LogP contribution in [0, 0.1) is 0 Å². The molecule has 0 unspecified atom stereocenters. The van der Waals surface area contributed by atoms with E-state index in [1.54, 1.807) is 0 Å². The van der Waals surface area contributed by atoms with Gasteiger partial charge in [-0.05, 0) is 6.08 Å². The normalized spacial score (nSPS) is 10.5. The number of aliphatic hydroxyl groups is 1. The quantitative estimate of drug-likeness (QED) is 0.472. The van der Waals surface area contributed by atoms with Crippen LogP contribution in [-0.2, 0) is 20.9 Å². The number of rotatable bonds is 5. The van der Waals surface area contributed by atoms with Gasteiger partial charge in [-0.15, -0.1) is 0 Å². The van der Waals surface area contributed by atoms with E-state index in [-0.39, 0.29) is 22.6 Å². The molecule has 1 N–H and O–H groups in total. The third kappa shape index (κ3) is 3.08. The van der Waals surface area contributed by atoms with Crippen LogP contribution in [0.2, 0.25) is 0 Å². The maximum Gasteiger partial charge on any atom is 0.342 e. The molecular formula is C12H12O7. The van der Waals surface area contributed by atoms with Gasteiger partial charge in [-0.1, -0.05) is 0 Å². The van der Waals surface area contributed by atoms with Gasteiger partial charge in [0.15, 0.2) is 6.29 Å². The minimum Gasteiger partial charge on any atom is -0.466 e. The van der Waals surface area contributed by atoms with Crippen molar-refractivity contribution in [3.63, 3.8) is 0 Å². The second-order valence-electron chi connectivity index (χ2n) is 3.30. The van der Waals surface area contributed by atoms with Crippen molar-refractivity contribution >= 4 is 24.3 Å². The summed E-state index contributed by atoms with van der Waals surface area (Å²) in [4.78, 5) is 33.5. The van der Waals surface area contributed by atoms with E-state index in [1.807, 2.05) is 0 Å². The molecular weight excluding hydrogens is 256 g/mol. The van der Waals surface area contributed by atoms with E-state index in [0.29, 0.717) is 6.29 Å². The lowest BCUT2D eigenvalue weighted by Gasteiger charge is -1.97. The van der Waals surface area contributed by atoms with Gasteiger partial charge in [0.25, 0.3) is 0 Å². The van der Waals surface area contributed by atoms with Crippen LogP contribution in [0.5, 0.6) is 0 Å².